The highest BCUT2D eigenvalue weighted by Crippen LogP contribution is 2.37. The van der Waals surface area contributed by atoms with Gasteiger partial charge in [0.2, 0.25) is 5.91 Å². The van der Waals surface area contributed by atoms with Gasteiger partial charge < -0.3 is 20.1 Å². The number of hydrogen-bond acceptors (Lipinski definition) is 5. The second kappa shape index (κ2) is 9.37. The van der Waals surface area contributed by atoms with Crippen LogP contribution in [0.2, 0.25) is 0 Å². The van der Waals surface area contributed by atoms with Crippen LogP contribution >= 0.6 is 0 Å². The van der Waals surface area contributed by atoms with Crippen LogP contribution in [0.3, 0.4) is 0 Å². The smallest absolute Gasteiger partial charge is 0.326 e. The van der Waals surface area contributed by atoms with E-state index >= 15 is 0 Å². The number of rotatable bonds is 5. The normalized spacial score (nSPS) is 19.0. The first-order valence-corrected chi connectivity index (χ1v) is 11.9. The summed E-state index contributed by atoms with van der Waals surface area (Å²) in [7, 11) is 0. The van der Waals surface area contributed by atoms with Gasteiger partial charge in [-0.1, -0.05) is 48.5 Å². The Hall–Kier alpha value is -4.33. The van der Waals surface area contributed by atoms with Crippen molar-refractivity contribution in [3.8, 4) is 11.5 Å². The largest absolute Gasteiger partial charge is 0.490 e. The van der Waals surface area contributed by atoms with Crippen molar-refractivity contribution >= 4 is 23.5 Å². The van der Waals surface area contributed by atoms with E-state index in [0.29, 0.717) is 41.5 Å². The fraction of sp³-hybridized carbons (Fsp3) is 0.250. The maximum atomic E-state index is 13.9. The van der Waals surface area contributed by atoms with Gasteiger partial charge in [0.25, 0.3) is 5.91 Å². The van der Waals surface area contributed by atoms with Gasteiger partial charge in [0.15, 0.2) is 17.0 Å². The second-order valence-electron chi connectivity index (χ2n) is 9.00. The quantitative estimate of drug-likeness (QED) is 0.535. The summed E-state index contributed by atoms with van der Waals surface area (Å²) in [5, 5.41) is 5.64. The number of urea groups is 1. The number of aryl methyl sites for hydroxylation is 2. The summed E-state index contributed by atoms with van der Waals surface area (Å²) < 4.78 is 11.3. The topological polar surface area (TPSA) is 97.0 Å². The number of carbonyl (C=O) groups is 3. The highest BCUT2D eigenvalue weighted by Gasteiger charge is 2.54. The SMILES string of the molecule is Cc1ccc(C2(c3ccccc3)NC(=O)N(CC(=O)Nc3ccc4c(c3)OCCCO4)C2=O)cc1C. The zero-order valence-corrected chi connectivity index (χ0v) is 20.2. The molecular weight excluding hydrogens is 458 g/mol. The predicted molar refractivity (Wildman–Crippen MR) is 134 cm³/mol. The van der Waals surface area contributed by atoms with E-state index in [0.717, 1.165) is 22.4 Å². The van der Waals surface area contributed by atoms with Gasteiger partial charge in [0, 0.05) is 18.2 Å². The number of benzene rings is 3. The van der Waals surface area contributed by atoms with E-state index in [2.05, 4.69) is 10.6 Å². The van der Waals surface area contributed by atoms with Crippen molar-refractivity contribution in [2.45, 2.75) is 25.8 Å². The molecule has 3 aromatic carbocycles. The molecule has 8 heteroatoms. The third-order valence-corrected chi connectivity index (χ3v) is 6.59. The summed E-state index contributed by atoms with van der Waals surface area (Å²) in [5.41, 5.74) is 2.39. The minimum atomic E-state index is -1.42. The molecule has 36 heavy (non-hydrogen) atoms. The number of imide groups is 1. The minimum absolute atomic E-state index is 0.432. The molecule has 1 fully saturated rings. The average molecular weight is 486 g/mol. The van der Waals surface area contributed by atoms with E-state index in [9.17, 15) is 14.4 Å². The van der Waals surface area contributed by atoms with E-state index in [1.807, 2.05) is 50.2 Å². The molecule has 0 radical (unpaired) electrons. The van der Waals surface area contributed by atoms with Crippen molar-refractivity contribution in [1.82, 2.24) is 10.2 Å². The maximum Gasteiger partial charge on any atom is 0.326 e. The standard InChI is InChI=1S/C28H27N3O5/c1-18-9-10-21(15-19(18)2)28(20-7-4-3-5-8-20)26(33)31(27(34)30-28)17-25(32)29-22-11-12-23-24(16-22)36-14-6-13-35-23/h3-5,7-12,15-16H,6,13-14,17H2,1-2H3,(H,29,32)(H,30,34). The molecule has 1 atom stereocenters. The van der Waals surface area contributed by atoms with Crippen LogP contribution in [0.5, 0.6) is 11.5 Å². The lowest BCUT2D eigenvalue weighted by Gasteiger charge is -2.28. The molecule has 0 aliphatic carbocycles. The van der Waals surface area contributed by atoms with Gasteiger partial charge in [-0.05, 0) is 48.2 Å². The summed E-state index contributed by atoms with van der Waals surface area (Å²) in [6, 6.07) is 19.2. The Morgan fingerprint density at radius 2 is 1.67 bits per heavy atom. The maximum absolute atomic E-state index is 13.9. The molecule has 1 unspecified atom stereocenters. The molecule has 2 heterocycles. The Balaban J connectivity index is 1.41. The Morgan fingerprint density at radius 1 is 0.917 bits per heavy atom. The highest BCUT2D eigenvalue weighted by atomic mass is 16.5. The lowest BCUT2D eigenvalue weighted by molar-refractivity contribution is -0.133. The van der Waals surface area contributed by atoms with Crippen molar-refractivity contribution in [1.29, 1.82) is 0 Å². The van der Waals surface area contributed by atoms with Gasteiger partial charge in [-0.25, -0.2) is 4.79 Å². The highest BCUT2D eigenvalue weighted by molar-refractivity contribution is 6.12. The van der Waals surface area contributed by atoms with Crippen LogP contribution in [-0.4, -0.2) is 42.5 Å². The molecule has 3 aromatic rings. The Morgan fingerprint density at radius 3 is 2.42 bits per heavy atom. The molecule has 1 saturated heterocycles. The summed E-state index contributed by atoms with van der Waals surface area (Å²) in [5.74, 6) is 0.145. The molecule has 2 aliphatic heterocycles. The summed E-state index contributed by atoms with van der Waals surface area (Å²) >= 11 is 0. The lowest BCUT2D eigenvalue weighted by Crippen LogP contribution is -2.45. The van der Waals surface area contributed by atoms with Crippen LogP contribution in [0, 0.1) is 13.8 Å². The zero-order valence-electron chi connectivity index (χ0n) is 20.2. The monoisotopic (exact) mass is 485 g/mol. The number of carbonyl (C=O) groups excluding carboxylic acids is 3. The number of fused-ring (bicyclic) bond motifs is 1. The molecule has 5 rings (SSSR count). The molecule has 0 saturated carbocycles. The van der Waals surface area contributed by atoms with Crippen LogP contribution in [0.25, 0.3) is 0 Å². The second-order valence-corrected chi connectivity index (χ2v) is 9.00. The van der Waals surface area contributed by atoms with E-state index < -0.39 is 29.9 Å². The van der Waals surface area contributed by atoms with Gasteiger partial charge in [-0.15, -0.1) is 0 Å². The van der Waals surface area contributed by atoms with Crippen molar-refractivity contribution in [2.24, 2.45) is 0 Å². The first-order chi connectivity index (χ1) is 17.4. The third-order valence-electron chi connectivity index (χ3n) is 6.59. The number of anilines is 1. The number of nitrogens with one attached hydrogen (secondary N) is 2. The fourth-order valence-electron chi connectivity index (χ4n) is 4.53. The van der Waals surface area contributed by atoms with Gasteiger partial charge in [-0.2, -0.15) is 0 Å². The van der Waals surface area contributed by atoms with Crippen LogP contribution in [-0.2, 0) is 15.1 Å². The van der Waals surface area contributed by atoms with Crippen LogP contribution in [0.1, 0.15) is 28.7 Å². The van der Waals surface area contributed by atoms with E-state index in [1.165, 1.54) is 0 Å². The Bertz CT molecular complexity index is 1340. The first kappa shape index (κ1) is 23.4. The van der Waals surface area contributed by atoms with E-state index in [1.54, 1.807) is 30.3 Å². The molecule has 184 valence electrons. The van der Waals surface area contributed by atoms with Crippen molar-refractivity contribution in [2.75, 3.05) is 25.1 Å². The van der Waals surface area contributed by atoms with Crippen LogP contribution < -0.4 is 20.1 Å². The van der Waals surface area contributed by atoms with Crippen molar-refractivity contribution < 1.29 is 23.9 Å². The molecule has 0 bridgehead atoms. The van der Waals surface area contributed by atoms with Gasteiger partial charge in [0.05, 0.1) is 13.2 Å². The lowest BCUT2D eigenvalue weighted by atomic mass is 9.81. The molecule has 2 aliphatic rings. The zero-order chi connectivity index (χ0) is 25.3. The number of hydrogen-bond donors (Lipinski definition) is 2. The number of ether oxygens (including phenoxy) is 2. The summed E-state index contributed by atoms with van der Waals surface area (Å²) in [6.07, 6.45) is 0.770. The first-order valence-electron chi connectivity index (χ1n) is 11.9. The minimum Gasteiger partial charge on any atom is -0.490 e. The Kier molecular flexibility index (Phi) is 6.10. The van der Waals surface area contributed by atoms with E-state index in [4.69, 9.17) is 9.47 Å². The van der Waals surface area contributed by atoms with Gasteiger partial charge in [0.1, 0.15) is 6.54 Å². The molecular formula is C28H27N3O5. The summed E-state index contributed by atoms with van der Waals surface area (Å²) in [4.78, 5) is 40.9. The van der Waals surface area contributed by atoms with Crippen LogP contribution in [0.4, 0.5) is 10.5 Å². The Labute approximate surface area is 209 Å². The van der Waals surface area contributed by atoms with Crippen LogP contribution in [0.15, 0.2) is 66.7 Å². The van der Waals surface area contributed by atoms with E-state index in [-0.39, 0.29) is 0 Å². The van der Waals surface area contributed by atoms with Gasteiger partial charge >= 0.3 is 6.03 Å². The number of amides is 4. The molecule has 0 spiro atoms. The van der Waals surface area contributed by atoms with Crippen molar-refractivity contribution in [3.63, 3.8) is 0 Å². The van der Waals surface area contributed by atoms with Crippen molar-refractivity contribution in [3.05, 3.63) is 89.0 Å². The predicted octanol–water partition coefficient (Wildman–Crippen LogP) is 3.90. The molecule has 0 aromatic heterocycles. The molecule has 8 nitrogen and oxygen atoms in total. The number of nitrogens with zero attached hydrogens (tertiary/aromatic N) is 1. The van der Waals surface area contributed by atoms with Gasteiger partial charge in [-0.3, -0.25) is 14.5 Å². The fourth-order valence-corrected chi connectivity index (χ4v) is 4.53. The third kappa shape index (κ3) is 4.15. The average Bonchev–Trinajstić information content (AvgIpc) is 3.02. The molecule has 2 N–H and O–H groups in total. The summed E-state index contributed by atoms with van der Waals surface area (Å²) in [6.45, 7) is 4.60. The molecule has 4 amide bonds.